The molecule has 2 aromatic carbocycles. The third kappa shape index (κ3) is 2.88. The number of nitrogens with two attached hydrogens (primary N) is 1. The van der Waals surface area contributed by atoms with Crippen molar-refractivity contribution in [3.63, 3.8) is 0 Å². The number of aryl methyl sites for hydroxylation is 1. The van der Waals surface area contributed by atoms with Crippen LogP contribution in [0.15, 0.2) is 59.5 Å². The molecule has 2 N–H and O–H groups in total. The van der Waals surface area contributed by atoms with E-state index in [2.05, 4.69) is 0 Å². The Morgan fingerprint density at radius 3 is 2.28 bits per heavy atom. The fourth-order valence-electron chi connectivity index (χ4n) is 3.64. The van der Waals surface area contributed by atoms with Gasteiger partial charge in [0.1, 0.15) is 0 Å². The number of sulfone groups is 1. The average molecular weight is 376 g/mol. The van der Waals surface area contributed by atoms with E-state index in [1.54, 1.807) is 30.3 Å². The van der Waals surface area contributed by atoms with E-state index in [-0.39, 0.29) is 22.4 Å². The Balaban J connectivity index is 2.12. The summed E-state index contributed by atoms with van der Waals surface area (Å²) in [5.41, 5.74) is 7.17. The lowest BCUT2D eigenvalue weighted by molar-refractivity contribution is 0.166. The molecule has 0 aliphatic heterocycles. The van der Waals surface area contributed by atoms with Crippen molar-refractivity contribution in [2.45, 2.75) is 23.0 Å². The highest BCUT2D eigenvalue weighted by atomic mass is 32.2. The Morgan fingerprint density at radius 1 is 1.16 bits per heavy atom. The van der Waals surface area contributed by atoms with Crippen LogP contribution in [0.4, 0.5) is 0 Å². The maximum Gasteiger partial charge on any atom is 0.182 e. The molecule has 1 aliphatic carbocycles. The molecule has 0 amide bonds. The van der Waals surface area contributed by atoms with Gasteiger partial charge in [0, 0.05) is 13.0 Å². The fraction of sp³-hybridized carbons (Fsp3) is 0.316. The highest BCUT2D eigenvalue weighted by Crippen LogP contribution is 2.64. The first-order chi connectivity index (χ1) is 11.9. The van der Waals surface area contributed by atoms with Crippen LogP contribution in [0.2, 0.25) is 0 Å². The standard InChI is InChI=1S/C19H21NO3S2/c1-13-8-10-14(11-9-13)16-17(19(16,12-23-2)18(20)24)25(21,22)15-6-4-3-5-7-15/h3-11,16-17H,12H2,1-2H3,(H2,20,24). The van der Waals surface area contributed by atoms with Crippen molar-refractivity contribution < 1.29 is 13.2 Å². The summed E-state index contributed by atoms with van der Waals surface area (Å²) >= 11 is 5.29. The normalized spacial score (nSPS) is 25.5. The van der Waals surface area contributed by atoms with Crippen molar-refractivity contribution in [1.29, 1.82) is 0 Å². The minimum absolute atomic E-state index is 0.178. The van der Waals surface area contributed by atoms with Crippen LogP contribution in [0.25, 0.3) is 0 Å². The second-order valence-corrected chi connectivity index (χ2v) is 9.01. The Bertz CT molecular complexity index is 879. The van der Waals surface area contributed by atoms with Gasteiger partial charge in [-0.3, -0.25) is 0 Å². The first-order valence-corrected chi connectivity index (χ1v) is 9.95. The average Bonchev–Trinajstić information content (AvgIpc) is 3.28. The van der Waals surface area contributed by atoms with E-state index in [1.807, 2.05) is 31.2 Å². The summed E-state index contributed by atoms with van der Waals surface area (Å²) in [4.78, 5) is 0.468. The molecule has 6 heteroatoms. The summed E-state index contributed by atoms with van der Waals surface area (Å²) in [6, 6.07) is 16.3. The molecule has 1 fully saturated rings. The zero-order valence-corrected chi connectivity index (χ0v) is 15.8. The number of hydrogen-bond donors (Lipinski definition) is 1. The van der Waals surface area contributed by atoms with Gasteiger partial charge in [-0.2, -0.15) is 0 Å². The minimum Gasteiger partial charge on any atom is -0.393 e. The van der Waals surface area contributed by atoms with Gasteiger partial charge in [0.2, 0.25) is 0 Å². The molecule has 0 bridgehead atoms. The van der Waals surface area contributed by atoms with E-state index < -0.39 is 20.5 Å². The molecule has 0 aromatic heterocycles. The fourth-order valence-corrected chi connectivity index (χ4v) is 6.43. The summed E-state index contributed by atoms with van der Waals surface area (Å²) < 4.78 is 31.9. The molecule has 1 saturated carbocycles. The summed E-state index contributed by atoms with van der Waals surface area (Å²) in [6.07, 6.45) is 0. The second kappa shape index (κ2) is 6.52. The van der Waals surface area contributed by atoms with E-state index >= 15 is 0 Å². The molecule has 0 spiro atoms. The highest BCUT2D eigenvalue weighted by molar-refractivity contribution is 7.92. The van der Waals surface area contributed by atoms with Crippen LogP contribution in [0.1, 0.15) is 17.0 Å². The first-order valence-electron chi connectivity index (χ1n) is 8.00. The maximum absolute atomic E-state index is 13.3. The third-order valence-electron chi connectivity index (χ3n) is 4.94. The van der Waals surface area contributed by atoms with Gasteiger partial charge in [0.15, 0.2) is 9.84 Å². The largest absolute Gasteiger partial charge is 0.393 e. The molecule has 132 valence electrons. The van der Waals surface area contributed by atoms with Gasteiger partial charge in [-0.05, 0) is 24.6 Å². The van der Waals surface area contributed by atoms with Gasteiger partial charge in [0.05, 0.1) is 27.2 Å². The van der Waals surface area contributed by atoms with Gasteiger partial charge in [-0.15, -0.1) is 0 Å². The van der Waals surface area contributed by atoms with Crippen LogP contribution in [-0.4, -0.2) is 32.4 Å². The molecule has 0 heterocycles. The summed E-state index contributed by atoms with van der Waals surface area (Å²) in [6.45, 7) is 2.17. The van der Waals surface area contributed by atoms with Crippen LogP contribution in [0, 0.1) is 12.3 Å². The number of rotatable bonds is 6. The lowest BCUT2D eigenvalue weighted by atomic mass is 9.99. The number of ether oxygens (including phenoxy) is 1. The molecule has 3 rings (SSSR count). The SMILES string of the molecule is COCC1(C(N)=S)C(c2ccc(C)cc2)C1S(=O)(=O)c1ccccc1. The number of benzene rings is 2. The Hall–Kier alpha value is -1.76. The van der Waals surface area contributed by atoms with Crippen LogP contribution in [0.5, 0.6) is 0 Å². The zero-order chi connectivity index (χ0) is 18.2. The van der Waals surface area contributed by atoms with Gasteiger partial charge in [0.25, 0.3) is 0 Å². The van der Waals surface area contributed by atoms with Crippen molar-refractivity contribution in [3.05, 3.63) is 65.7 Å². The maximum atomic E-state index is 13.3. The predicted octanol–water partition coefficient (Wildman–Crippen LogP) is 2.85. The van der Waals surface area contributed by atoms with E-state index in [9.17, 15) is 8.42 Å². The lowest BCUT2D eigenvalue weighted by Crippen LogP contribution is -2.33. The van der Waals surface area contributed by atoms with Gasteiger partial charge in [-0.1, -0.05) is 60.2 Å². The number of methoxy groups -OCH3 is 1. The Labute approximate surface area is 153 Å². The minimum atomic E-state index is -3.60. The highest BCUT2D eigenvalue weighted by Gasteiger charge is 2.73. The lowest BCUT2D eigenvalue weighted by Gasteiger charge is -2.16. The monoisotopic (exact) mass is 375 g/mol. The van der Waals surface area contributed by atoms with Crippen LogP contribution in [-0.2, 0) is 14.6 Å². The van der Waals surface area contributed by atoms with Crippen molar-refractivity contribution in [2.24, 2.45) is 11.1 Å². The third-order valence-corrected chi connectivity index (χ3v) is 7.61. The molecule has 3 atom stereocenters. The molecule has 2 aromatic rings. The summed E-state index contributed by atoms with van der Waals surface area (Å²) in [5.74, 6) is -0.309. The smallest absolute Gasteiger partial charge is 0.182 e. The van der Waals surface area contributed by atoms with Crippen LogP contribution >= 0.6 is 12.2 Å². The van der Waals surface area contributed by atoms with Gasteiger partial charge < -0.3 is 10.5 Å². The van der Waals surface area contributed by atoms with Crippen LogP contribution < -0.4 is 5.73 Å². The van der Waals surface area contributed by atoms with E-state index in [0.717, 1.165) is 11.1 Å². The summed E-state index contributed by atoms with van der Waals surface area (Å²) in [5, 5.41) is -0.720. The molecule has 25 heavy (non-hydrogen) atoms. The van der Waals surface area contributed by atoms with Crippen molar-refractivity contribution in [2.75, 3.05) is 13.7 Å². The van der Waals surface area contributed by atoms with E-state index in [4.69, 9.17) is 22.7 Å². The van der Waals surface area contributed by atoms with Crippen molar-refractivity contribution in [1.82, 2.24) is 0 Å². The van der Waals surface area contributed by atoms with Gasteiger partial charge >= 0.3 is 0 Å². The first kappa shape index (κ1) is 18.0. The van der Waals surface area contributed by atoms with Crippen molar-refractivity contribution in [3.8, 4) is 0 Å². The van der Waals surface area contributed by atoms with E-state index in [0.29, 0.717) is 0 Å². The molecule has 1 aliphatic rings. The Kier molecular flexibility index (Phi) is 4.70. The molecular weight excluding hydrogens is 354 g/mol. The quantitative estimate of drug-likeness (QED) is 0.786. The molecular formula is C19H21NO3S2. The topological polar surface area (TPSA) is 69.4 Å². The number of hydrogen-bond acceptors (Lipinski definition) is 4. The van der Waals surface area contributed by atoms with Crippen molar-refractivity contribution >= 4 is 27.0 Å². The summed E-state index contributed by atoms with van der Waals surface area (Å²) in [7, 11) is -2.06. The number of thiocarbonyl (C=S) groups is 1. The zero-order valence-electron chi connectivity index (χ0n) is 14.2. The van der Waals surface area contributed by atoms with Crippen LogP contribution in [0.3, 0.4) is 0 Å². The molecule has 3 unspecified atom stereocenters. The van der Waals surface area contributed by atoms with E-state index in [1.165, 1.54) is 7.11 Å². The predicted molar refractivity (Wildman–Crippen MR) is 102 cm³/mol. The molecule has 4 nitrogen and oxygen atoms in total. The molecule has 0 radical (unpaired) electrons. The second-order valence-electron chi connectivity index (χ2n) is 6.50. The molecule has 0 saturated heterocycles. The van der Waals surface area contributed by atoms with Gasteiger partial charge in [-0.25, -0.2) is 8.42 Å². The Morgan fingerprint density at radius 2 is 1.76 bits per heavy atom.